The molecule has 20 heavy (non-hydrogen) atoms. The molecule has 2 bridgehead atoms. The Hall–Kier alpha value is -0.830. The summed E-state index contributed by atoms with van der Waals surface area (Å²) in [6.07, 6.45) is 6.01. The Morgan fingerprint density at radius 3 is 2.55 bits per heavy atom. The van der Waals surface area contributed by atoms with E-state index < -0.39 is 12.1 Å². The lowest BCUT2D eigenvalue weighted by Crippen LogP contribution is -2.53. The molecule has 4 aliphatic carbocycles. The van der Waals surface area contributed by atoms with Crippen molar-refractivity contribution >= 4 is 5.97 Å². The van der Waals surface area contributed by atoms with Gasteiger partial charge in [0.25, 0.3) is 0 Å². The Kier molecular flexibility index (Phi) is 2.37. The van der Waals surface area contributed by atoms with Gasteiger partial charge in [-0.25, -0.2) is 4.79 Å². The zero-order valence-corrected chi connectivity index (χ0v) is 12.4. The van der Waals surface area contributed by atoms with Gasteiger partial charge in [-0.15, -0.1) is 0 Å². The van der Waals surface area contributed by atoms with Gasteiger partial charge < -0.3 is 10.2 Å². The number of carboxylic acids is 1. The molecule has 110 valence electrons. The lowest BCUT2D eigenvalue weighted by Gasteiger charge is -2.58. The highest BCUT2D eigenvalue weighted by Crippen LogP contribution is 2.76. The molecule has 0 amide bonds. The van der Waals surface area contributed by atoms with E-state index >= 15 is 0 Å². The van der Waals surface area contributed by atoms with Crippen molar-refractivity contribution in [2.45, 2.75) is 58.5 Å². The summed E-state index contributed by atoms with van der Waals surface area (Å²) in [7, 11) is 0. The maximum absolute atomic E-state index is 11.7. The van der Waals surface area contributed by atoms with Crippen molar-refractivity contribution < 1.29 is 15.0 Å². The second kappa shape index (κ2) is 3.68. The largest absolute Gasteiger partial charge is 0.478 e. The first kappa shape index (κ1) is 12.9. The zero-order chi connectivity index (χ0) is 14.3. The molecule has 4 rings (SSSR count). The topological polar surface area (TPSA) is 57.5 Å². The van der Waals surface area contributed by atoms with Crippen molar-refractivity contribution in [1.82, 2.24) is 0 Å². The van der Waals surface area contributed by atoms with E-state index in [0.717, 1.165) is 24.8 Å². The Morgan fingerprint density at radius 2 is 1.85 bits per heavy atom. The number of allylic oxidation sites excluding steroid dienone is 1. The molecule has 0 aromatic heterocycles. The van der Waals surface area contributed by atoms with Crippen LogP contribution in [0, 0.1) is 28.6 Å². The number of carbonyl (C=O) groups is 1. The van der Waals surface area contributed by atoms with Gasteiger partial charge in [-0.1, -0.05) is 20.3 Å². The Balaban J connectivity index is 2.00. The van der Waals surface area contributed by atoms with E-state index in [2.05, 4.69) is 13.8 Å². The average molecular weight is 276 g/mol. The highest BCUT2D eigenvalue weighted by molar-refractivity contribution is 5.90. The first-order valence-electron chi connectivity index (χ1n) is 8.07. The SMILES string of the molecule is CC1(C)[C@@H]2CC[C@H]3CCC[C@H]4[C@@H](O)C(C(=O)O)=C(C2)[C@@]341. The lowest BCUT2D eigenvalue weighted by molar-refractivity contribution is -0.135. The third kappa shape index (κ3) is 1.13. The summed E-state index contributed by atoms with van der Waals surface area (Å²) in [5, 5.41) is 20.3. The number of hydrogen-bond donors (Lipinski definition) is 2. The quantitative estimate of drug-likeness (QED) is 0.774. The average Bonchev–Trinajstić information content (AvgIpc) is 2.66. The van der Waals surface area contributed by atoms with E-state index in [1.165, 1.54) is 19.3 Å². The van der Waals surface area contributed by atoms with Crippen molar-refractivity contribution in [3.8, 4) is 0 Å². The van der Waals surface area contributed by atoms with E-state index in [1.54, 1.807) is 0 Å². The molecule has 3 saturated carbocycles. The Morgan fingerprint density at radius 1 is 1.15 bits per heavy atom. The minimum Gasteiger partial charge on any atom is -0.478 e. The van der Waals surface area contributed by atoms with E-state index in [4.69, 9.17) is 0 Å². The van der Waals surface area contributed by atoms with Crippen LogP contribution in [0.1, 0.15) is 52.4 Å². The Labute approximate surface area is 120 Å². The predicted molar refractivity (Wildman–Crippen MR) is 75.1 cm³/mol. The fourth-order valence-corrected chi connectivity index (χ4v) is 6.83. The van der Waals surface area contributed by atoms with Crippen LogP contribution in [0.4, 0.5) is 0 Å². The number of hydrogen-bond acceptors (Lipinski definition) is 2. The van der Waals surface area contributed by atoms with Crippen LogP contribution in [0.15, 0.2) is 11.1 Å². The van der Waals surface area contributed by atoms with Crippen molar-refractivity contribution in [3.63, 3.8) is 0 Å². The van der Waals surface area contributed by atoms with E-state index in [-0.39, 0.29) is 16.7 Å². The minimum absolute atomic E-state index is 0.0126. The molecule has 2 N–H and O–H groups in total. The van der Waals surface area contributed by atoms with Gasteiger partial charge in [-0.2, -0.15) is 0 Å². The first-order valence-corrected chi connectivity index (χ1v) is 8.07. The summed E-state index contributed by atoms with van der Waals surface area (Å²) in [5.74, 6) is 0.480. The van der Waals surface area contributed by atoms with Gasteiger partial charge in [0, 0.05) is 5.41 Å². The van der Waals surface area contributed by atoms with Crippen LogP contribution in [-0.4, -0.2) is 22.3 Å². The van der Waals surface area contributed by atoms with E-state index in [0.29, 0.717) is 17.4 Å². The Bertz CT molecular complexity index is 518. The number of aliphatic hydroxyl groups excluding tert-OH is 1. The molecule has 3 nitrogen and oxygen atoms in total. The summed E-state index contributed by atoms with van der Waals surface area (Å²) in [5.41, 5.74) is 1.65. The summed E-state index contributed by atoms with van der Waals surface area (Å²) in [4.78, 5) is 11.7. The summed E-state index contributed by atoms with van der Waals surface area (Å²) < 4.78 is 0. The van der Waals surface area contributed by atoms with Gasteiger partial charge in [-0.05, 0) is 60.8 Å². The standard InChI is InChI=1S/C17H24O3/c1-16(2)10-7-6-9-4-3-5-11-14(18)13(15(19)20)12(8-10)17(9,11)16/h9-11,14,18H,3-8H2,1-2H3,(H,19,20)/t9-,10-,11+,14-,17-/m1/s1. The molecule has 4 aliphatic rings. The smallest absolute Gasteiger partial charge is 0.334 e. The maximum atomic E-state index is 11.7. The molecule has 3 fully saturated rings. The highest BCUT2D eigenvalue weighted by Gasteiger charge is 2.71. The van der Waals surface area contributed by atoms with Crippen molar-refractivity contribution in [3.05, 3.63) is 11.1 Å². The number of rotatable bonds is 1. The number of fused-ring (bicyclic) bond motifs is 1. The normalized spacial score (nSPS) is 48.4. The molecule has 3 heteroatoms. The fraction of sp³-hybridized carbons (Fsp3) is 0.824. The number of carboxylic acid groups (broad SMARTS) is 1. The van der Waals surface area contributed by atoms with Crippen molar-refractivity contribution in [2.75, 3.05) is 0 Å². The summed E-state index contributed by atoms with van der Waals surface area (Å²) >= 11 is 0. The van der Waals surface area contributed by atoms with Gasteiger partial charge in [0.2, 0.25) is 0 Å². The maximum Gasteiger partial charge on any atom is 0.334 e. The van der Waals surface area contributed by atoms with Crippen LogP contribution in [0.3, 0.4) is 0 Å². The molecular weight excluding hydrogens is 252 g/mol. The van der Waals surface area contributed by atoms with Crippen LogP contribution >= 0.6 is 0 Å². The van der Waals surface area contributed by atoms with E-state index in [1.807, 2.05) is 0 Å². The predicted octanol–water partition coefficient (Wildman–Crippen LogP) is 2.98. The lowest BCUT2D eigenvalue weighted by atomic mass is 9.46. The molecular formula is C17H24O3. The minimum atomic E-state index is -0.877. The molecule has 0 saturated heterocycles. The summed E-state index contributed by atoms with van der Waals surface area (Å²) in [6, 6.07) is 0. The van der Waals surface area contributed by atoms with Crippen LogP contribution in [0.2, 0.25) is 0 Å². The molecule has 0 aliphatic heterocycles. The van der Waals surface area contributed by atoms with Gasteiger partial charge in [-0.3, -0.25) is 0 Å². The molecule has 0 aromatic carbocycles. The third-order valence-corrected chi connectivity index (χ3v) is 7.43. The highest BCUT2D eigenvalue weighted by atomic mass is 16.4. The second-order valence-electron chi connectivity index (χ2n) is 7.95. The number of aliphatic hydroxyl groups is 1. The van der Waals surface area contributed by atoms with Crippen LogP contribution in [-0.2, 0) is 4.79 Å². The first-order chi connectivity index (χ1) is 9.42. The van der Waals surface area contributed by atoms with Gasteiger partial charge in [0.15, 0.2) is 0 Å². The van der Waals surface area contributed by atoms with Crippen LogP contribution in [0.25, 0.3) is 0 Å². The molecule has 0 radical (unpaired) electrons. The molecule has 0 heterocycles. The zero-order valence-electron chi connectivity index (χ0n) is 12.4. The summed E-state index contributed by atoms with van der Waals surface area (Å²) in [6.45, 7) is 4.68. The number of aliphatic carboxylic acids is 1. The van der Waals surface area contributed by atoms with Crippen molar-refractivity contribution in [2.24, 2.45) is 28.6 Å². The molecule has 1 spiro atoms. The van der Waals surface area contributed by atoms with Gasteiger partial charge >= 0.3 is 5.97 Å². The monoisotopic (exact) mass is 276 g/mol. The fourth-order valence-electron chi connectivity index (χ4n) is 6.83. The van der Waals surface area contributed by atoms with Crippen LogP contribution < -0.4 is 0 Å². The molecule has 0 unspecified atom stereocenters. The van der Waals surface area contributed by atoms with Crippen molar-refractivity contribution in [1.29, 1.82) is 0 Å². The van der Waals surface area contributed by atoms with Gasteiger partial charge in [0.1, 0.15) is 0 Å². The van der Waals surface area contributed by atoms with Crippen LogP contribution in [0.5, 0.6) is 0 Å². The molecule has 5 atom stereocenters. The van der Waals surface area contributed by atoms with Gasteiger partial charge in [0.05, 0.1) is 11.7 Å². The molecule has 0 aromatic rings. The second-order valence-corrected chi connectivity index (χ2v) is 7.95. The van der Waals surface area contributed by atoms with E-state index in [9.17, 15) is 15.0 Å². The third-order valence-electron chi connectivity index (χ3n) is 7.43.